The molecule has 1 amide bonds. The molecule has 0 bridgehead atoms. The van der Waals surface area contributed by atoms with E-state index in [9.17, 15) is 9.59 Å². The third-order valence-electron chi connectivity index (χ3n) is 5.04. The van der Waals surface area contributed by atoms with E-state index in [2.05, 4.69) is 15.1 Å². The largest absolute Gasteiger partial charge is 0.444 e. The number of amides is 1. The average molecular weight is 395 g/mol. The number of hydrogen-bond donors (Lipinski definition) is 1. The smallest absolute Gasteiger partial charge is 0.410 e. The minimum absolute atomic E-state index is 0.134. The van der Waals surface area contributed by atoms with Gasteiger partial charge in [0.1, 0.15) is 11.2 Å². The zero-order chi connectivity index (χ0) is 20.6. The summed E-state index contributed by atoms with van der Waals surface area (Å²) in [6, 6.07) is 7.25. The van der Waals surface area contributed by atoms with Gasteiger partial charge in [0.2, 0.25) is 0 Å². The summed E-state index contributed by atoms with van der Waals surface area (Å²) in [7, 11) is 0. The molecule has 8 heteroatoms. The van der Waals surface area contributed by atoms with Gasteiger partial charge in [-0.25, -0.2) is 9.31 Å². The van der Waals surface area contributed by atoms with E-state index in [4.69, 9.17) is 4.74 Å². The highest BCUT2D eigenvalue weighted by Crippen LogP contribution is 2.30. The van der Waals surface area contributed by atoms with Crippen LogP contribution in [0.15, 0.2) is 41.5 Å². The number of aromatic amines is 1. The molecule has 4 rings (SSSR count). The van der Waals surface area contributed by atoms with E-state index >= 15 is 0 Å². The Hall–Kier alpha value is -3.16. The maximum Gasteiger partial charge on any atom is 0.410 e. The predicted molar refractivity (Wildman–Crippen MR) is 109 cm³/mol. The third kappa shape index (κ3) is 4.01. The van der Waals surface area contributed by atoms with Gasteiger partial charge in [0.25, 0.3) is 5.56 Å². The summed E-state index contributed by atoms with van der Waals surface area (Å²) < 4.78 is 7.26. The molecule has 29 heavy (non-hydrogen) atoms. The lowest BCUT2D eigenvalue weighted by molar-refractivity contribution is 0.0203. The summed E-state index contributed by atoms with van der Waals surface area (Å²) in [5, 5.41) is 4.52. The SMILES string of the molecule is CC(C)(C)OC(=O)N1CCC(c2cc(=O)[nH]c3c(-c4ccccn4)cnn23)CC1. The highest BCUT2D eigenvalue weighted by Gasteiger charge is 2.29. The Morgan fingerprint density at radius 2 is 2.00 bits per heavy atom. The van der Waals surface area contributed by atoms with Crippen molar-refractivity contribution in [3.8, 4) is 11.3 Å². The van der Waals surface area contributed by atoms with Gasteiger partial charge in [-0.2, -0.15) is 5.10 Å². The summed E-state index contributed by atoms with van der Waals surface area (Å²) >= 11 is 0. The van der Waals surface area contributed by atoms with Crippen molar-refractivity contribution < 1.29 is 9.53 Å². The van der Waals surface area contributed by atoms with Crippen molar-refractivity contribution >= 4 is 11.7 Å². The van der Waals surface area contributed by atoms with Gasteiger partial charge in [-0.3, -0.25) is 9.78 Å². The Bertz CT molecular complexity index is 1070. The fraction of sp³-hybridized carbons (Fsp3) is 0.429. The second-order valence-electron chi connectivity index (χ2n) is 8.33. The van der Waals surface area contributed by atoms with Gasteiger partial charge < -0.3 is 14.6 Å². The van der Waals surface area contributed by atoms with Crippen LogP contribution in [0.2, 0.25) is 0 Å². The number of nitrogens with zero attached hydrogens (tertiary/aromatic N) is 4. The zero-order valence-electron chi connectivity index (χ0n) is 16.9. The predicted octanol–water partition coefficient (Wildman–Crippen LogP) is 3.20. The monoisotopic (exact) mass is 395 g/mol. The first kappa shape index (κ1) is 19.2. The molecular formula is C21H25N5O3. The highest BCUT2D eigenvalue weighted by atomic mass is 16.6. The molecule has 3 aromatic heterocycles. The molecule has 1 saturated heterocycles. The maximum atomic E-state index is 12.4. The second kappa shape index (κ2) is 7.35. The van der Waals surface area contributed by atoms with Gasteiger partial charge >= 0.3 is 6.09 Å². The van der Waals surface area contributed by atoms with Gasteiger partial charge in [0.15, 0.2) is 0 Å². The molecule has 3 aromatic rings. The van der Waals surface area contributed by atoms with Crippen LogP contribution in [0.1, 0.15) is 45.2 Å². The van der Waals surface area contributed by atoms with E-state index in [1.807, 2.05) is 39.0 Å². The van der Waals surface area contributed by atoms with Crippen molar-refractivity contribution in [2.24, 2.45) is 0 Å². The van der Waals surface area contributed by atoms with Crippen LogP contribution < -0.4 is 5.56 Å². The first-order valence-corrected chi connectivity index (χ1v) is 9.82. The van der Waals surface area contributed by atoms with E-state index in [0.29, 0.717) is 18.7 Å². The van der Waals surface area contributed by atoms with Gasteiger partial charge in [-0.1, -0.05) is 6.07 Å². The molecule has 4 heterocycles. The minimum atomic E-state index is -0.510. The van der Waals surface area contributed by atoms with Crippen LogP contribution >= 0.6 is 0 Å². The lowest BCUT2D eigenvalue weighted by Crippen LogP contribution is -2.41. The first-order chi connectivity index (χ1) is 13.8. The molecule has 0 radical (unpaired) electrons. The zero-order valence-corrected chi connectivity index (χ0v) is 16.9. The molecule has 1 N–H and O–H groups in total. The molecule has 1 aliphatic rings. The molecule has 0 atom stereocenters. The van der Waals surface area contributed by atoms with Crippen LogP contribution in [0.3, 0.4) is 0 Å². The molecule has 1 aliphatic heterocycles. The van der Waals surface area contributed by atoms with E-state index in [1.165, 1.54) is 0 Å². The molecule has 0 spiro atoms. The number of rotatable bonds is 2. The normalized spacial score (nSPS) is 15.6. The maximum absolute atomic E-state index is 12.4. The van der Waals surface area contributed by atoms with Crippen molar-refractivity contribution in [2.45, 2.75) is 45.1 Å². The van der Waals surface area contributed by atoms with Crippen molar-refractivity contribution in [1.29, 1.82) is 0 Å². The molecule has 8 nitrogen and oxygen atoms in total. The summed E-state index contributed by atoms with van der Waals surface area (Å²) in [5.74, 6) is 0.134. The number of aromatic nitrogens is 4. The van der Waals surface area contributed by atoms with Gasteiger partial charge in [0.05, 0.1) is 23.1 Å². The summed E-state index contributed by atoms with van der Waals surface area (Å²) in [6.07, 6.45) is 4.65. The molecular weight excluding hydrogens is 370 g/mol. The quantitative estimate of drug-likeness (QED) is 0.719. The second-order valence-corrected chi connectivity index (χ2v) is 8.33. The van der Waals surface area contributed by atoms with Crippen molar-refractivity contribution in [1.82, 2.24) is 24.5 Å². The molecule has 0 aromatic carbocycles. The molecule has 152 valence electrons. The van der Waals surface area contributed by atoms with Crippen LogP contribution in [-0.2, 0) is 4.74 Å². The number of carbonyl (C=O) groups is 1. The Balaban J connectivity index is 1.59. The van der Waals surface area contributed by atoms with Gasteiger partial charge in [-0.15, -0.1) is 0 Å². The topological polar surface area (TPSA) is 92.6 Å². The average Bonchev–Trinajstić information content (AvgIpc) is 3.10. The summed E-state index contributed by atoms with van der Waals surface area (Å²) in [6.45, 7) is 6.76. The lowest BCUT2D eigenvalue weighted by Gasteiger charge is -2.33. The van der Waals surface area contributed by atoms with Crippen molar-refractivity contribution in [3.63, 3.8) is 0 Å². The van der Waals surface area contributed by atoms with Crippen LogP contribution in [0, 0.1) is 0 Å². The van der Waals surface area contributed by atoms with Gasteiger partial charge in [-0.05, 0) is 45.7 Å². The molecule has 0 aliphatic carbocycles. The standard InChI is InChI=1S/C21H25N5O3/c1-21(2,3)29-20(28)25-10-7-14(8-11-25)17-12-18(27)24-19-15(13-23-26(17)19)16-6-4-5-9-22-16/h4-6,9,12-14H,7-8,10-11H2,1-3H3,(H,24,27). The fourth-order valence-corrected chi connectivity index (χ4v) is 3.70. The summed E-state index contributed by atoms with van der Waals surface area (Å²) in [5.41, 5.74) is 2.37. The Labute approximate surface area is 168 Å². The number of nitrogens with one attached hydrogen (secondary N) is 1. The number of fused-ring (bicyclic) bond motifs is 1. The van der Waals surface area contributed by atoms with Crippen LogP contribution in [0.5, 0.6) is 0 Å². The fourth-order valence-electron chi connectivity index (χ4n) is 3.70. The number of piperidine rings is 1. The van der Waals surface area contributed by atoms with Crippen LogP contribution in [-0.4, -0.2) is 49.3 Å². The number of carbonyl (C=O) groups excluding carboxylic acids is 1. The Morgan fingerprint density at radius 3 is 2.66 bits per heavy atom. The van der Waals surface area contributed by atoms with Crippen molar-refractivity contribution in [2.75, 3.05) is 13.1 Å². The van der Waals surface area contributed by atoms with Crippen LogP contribution in [0.25, 0.3) is 16.9 Å². The number of likely N-dealkylation sites (tertiary alicyclic amines) is 1. The lowest BCUT2D eigenvalue weighted by atomic mass is 9.93. The van der Waals surface area contributed by atoms with E-state index < -0.39 is 5.60 Å². The van der Waals surface area contributed by atoms with Crippen molar-refractivity contribution in [3.05, 3.63) is 52.7 Å². The minimum Gasteiger partial charge on any atom is -0.444 e. The number of H-pyrrole nitrogens is 1. The van der Waals surface area contributed by atoms with E-state index in [0.717, 1.165) is 29.8 Å². The number of hydrogen-bond acceptors (Lipinski definition) is 5. The Morgan fingerprint density at radius 1 is 1.24 bits per heavy atom. The number of pyridine rings is 1. The van der Waals surface area contributed by atoms with E-state index in [1.54, 1.807) is 27.9 Å². The molecule has 0 saturated carbocycles. The first-order valence-electron chi connectivity index (χ1n) is 9.82. The van der Waals surface area contributed by atoms with E-state index in [-0.39, 0.29) is 17.6 Å². The molecule has 1 fully saturated rings. The third-order valence-corrected chi connectivity index (χ3v) is 5.04. The van der Waals surface area contributed by atoms with Crippen LogP contribution in [0.4, 0.5) is 4.79 Å². The van der Waals surface area contributed by atoms with Gasteiger partial charge in [0, 0.05) is 31.3 Å². The Kier molecular flexibility index (Phi) is 4.86. The summed E-state index contributed by atoms with van der Waals surface area (Å²) in [4.78, 5) is 33.7. The number of ether oxygens (including phenoxy) is 1. The highest BCUT2D eigenvalue weighted by molar-refractivity contribution is 5.74. The molecule has 0 unspecified atom stereocenters.